The van der Waals surface area contributed by atoms with Gasteiger partial charge in [-0.1, -0.05) is 23.2 Å². The van der Waals surface area contributed by atoms with Gasteiger partial charge in [0.15, 0.2) is 0 Å². The van der Waals surface area contributed by atoms with Crippen molar-refractivity contribution in [2.24, 2.45) is 7.05 Å². The quantitative estimate of drug-likeness (QED) is 0.867. The summed E-state index contributed by atoms with van der Waals surface area (Å²) in [6.45, 7) is 1.65. The molecule has 0 aliphatic rings. The van der Waals surface area contributed by atoms with E-state index in [1.165, 1.54) is 4.57 Å². The molecule has 17 heavy (non-hydrogen) atoms. The van der Waals surface area contributed by atoms with Crippen molar-refractivity contribution in [3.05, 3.63) is 44.4 Å². The van der Waals surface area contributed by atoms with E-state index in [4.69, 9.17) is 23.2 Å². The van der Waals surface area contributed by atoms with Crippen molar-refractivity contribution in [2.45, 2.75) is 6.92 Å². The monoisotopic (exact) mass is 272 g/mol. The lowest BCUT2D eigenvalue weighted by atomic mass is 10.3. The summed E-state index contributed by atoms with van der Waals surface area (Å²) in [6, 6.07) is 4.69. The summed E-state index contributed by atoms with van der Waals surface area (Å²) in [5, 5.41) is 10.7. The van der Waals surface area contributed by atoms with E-state index in [-0.39, 0.29) is 11.6 Å². The van der Waals surface area contributed by atoms with E-state index in [2.05, 4.69) is 0 Å². The number of imidazole rings is 1. The van der Waals surface area contributed by atoms with Crippen molar-refractivity contribution in [1.29, 1.82) is 0 Å². The second-order valence-corrected chi connectivity index (χ2v) is 4.59. The Morgan fingerprint density at radius 3 is 2.12 bits per heavy atom. The number of hydrogen-bond donors (Lipinski definition) is 1. The van der Waals surface area contributed by atoms with Gasteiger partial charge < -0.3 is 5.11 Å². The number of halogens is 2. The maximum absolute atomic E-state index is 11.9. The molecular formula is C11H10Cl2N2O2. The first kappa shape index (κ1) is 12.1. The Balaban J connectivity index is 2.77. The summed E-state index contributed by atoms with van der Waals surface area (Å²) in [5.41, 5.74) is 0.568. The third-order valence-corrected chi connectivity index (χ3v) is 3.06. The van der Waals surface area contributed by atoms with Gasteiger partial charge in [0.2, 0.25) is 5.88 Å². The third kappa shape index (κ3) is 1.94. The number of benzene rings is 1. The highest BCUT2D eigenvalue weighted by Crippen LogP contribution is 2.25. The van der Waals surface area contributed by atoms with Crippen LogP contribution in [0.5, 0.6) is 5.88 Å². The maximum Gasteiger partial charge on any atom is 0.335 e. The molecule has 0 saturated carbocycles. The molecule has 1 heterocycles. The summed E-state index contributed by atoms with van der Waals surface area (Å²) in [7, 11) is 1.58. The molecule has 0 aliphatic carbocycles. The van der Waals surface area contributed by atoms with Gasteiger partial charge in [-0.2, -0.15) is 0 Å². The highest BCUT2D eigenvalue weighted by molar-refractivity contribution is 6.34. The van der Waals surface area contributed by atoms with Gasteiger partial charge in [-0.3, -0.25) is 4.57 Å². The lowest BCUT2D eigenvalue weighted by molar-refractivity contribution is 0.436. The molecule has 1 aromatic heterocycles. The lowest BCUT2D eigenvalue weighted by Crippen LogP contribution is -2.21. The van der Waals surface area contributed by atoms with Gasteiger partial charge in [0.05, 0.1) is 11.4 Å². The zero-order chi connectivity index (χ0) is 12.7. The Hall–Kier alpha value is -1.39. The van der Waals surface area contributed by atoms with Crippen LogP contribution in [0.25, 0.3) is 5.69 Å². The zero-order valence-electron chi connectivity index (χ0n) is 9.24. The molecule has 1 N–H and O–H groups in total. The van der Waals surface area contributed by atoms with Crippen LogP contribution in [0.1, 0.15) is 5.69 Å². The van der Waals surface area contributed by atoms with Crippen molar-refractivity contribution in [3.63, 3.8) is 0 Å². The molecule has 2 rings (SSSR count). The van der Waals surface area contributed by atoms with Gasteiger partial charge in [-0.15, -0.1) is 0 Å². The van der Waals surface area contributed by atoms with Crippen molar-refractivity contribution >= 4 is 23.2 Å². The first-order chi connectivity index (χ1) is 7.91. The van der Waals surface area contributed by atoms with Crippen LogP contribution in [-0.2, 0) is 7.05 Å². The summed E-state index contributed by atoms with van der Waals surface area (Å²) in [6.07, 6.45) is 0. The van der Waals surface area contributed by atoms with Crippen LogP contribution in [0.3, 0.4) is 0 Å². The minimum Gasteiger partial charge on any atom is -0.493 e. The molecule has 0 unspecified atom stereocenters. The maximum atomic E-state index is 11.9. The normalized spacial score (nSPS) is 10.8. The largest absolute Gasteiger partial charge is 0.493 e. The van der Waals surface area contributed by atoms with Crippen LogP contribution < -0.4 is 5.69 Å². The lowest BCUT2D eigenvalue weighted by Gasteiger charge is -2.04. The van der Waals surface area contributed by atoms with Crippen molar-refractivity contribution in [2.75, 3.05) is 0 Å². The predicted octanol–water partition coefficient (Wildman–Crippen LogP) is 2.50. The molecule has 2 aromatic rings. The van der Waals surface area contributed by atoms with E-state index in [9.17, 15) is 9.90 Å². The summed E-state index contributed by atoms with van der Waals surface area (Å²) in [4.78, 5) is 11.9. The van der Waals surface area contributed by atoms with Gasteiger partial charge >= 0.3 is 5.69 Å². The van der Waals surface area contributed by atoms with Gasteiger partial charge in [0, 0.05) is 17.1 Å². The Morgan fingerprint density at radius 1 is 1.18 bits per heavy atom. The van der Waals surface area contributed by atoms with E-state index in [0.29, 0.717) is 21.4 Å². The molecule has 90 valence electrons. The number of hydrogen-bond acceptors (Lipinski definition) is 2. The molecular weight excluding hydrogens is 263 g/mol. The molecule has 6 heteroatoms. The average Bonchev–Trinajstić information content (AvgIpc) is 2.42. The Kier molecular flexibility index (Phi) is 2.93. The standard InChI is InChI=1S/C11H10Cl2N2O2/c1-6-10(16)15(11(17)14(6)2)9-4-7(12)3-8(13)5-9/h3-5,16H,1-2H3. The van der Waals surface area contributed by atoms with Gasteiger partial charge in [-0.25, -0.2) is 9.36 Å². The second-order valence-electron chi connectivity index (χ2n) is 3.71. The molecule has 1 aromatic carbocycles. The van der Waals surface area contributed by atoms with Crippen molar-refractivity contribution < 1.29 is 5.11 Å². The second kappa shape index (κ2) is 4.13. The summed E-state index contributed by atoms with van der Waals surface area (Å²) < 4.78 is 2.51. The molecule has 0 aliphatic heterocycles. The number of rotatable bonds is 1. The molecule has 0 amide bonds. The van der Waals surface area contributed by atoms with E-state index in [1.54, 1.807) is 32.2 Å². The molecule has 0 bridgehead atoms. The highest BCUT2D eigenvalue weighted by atomic mass is 35.5. The first-order valence-electron chi connectivity index (χ1n) is 4.85. The van der Waals surface area contributed by atoms with E-state index < -0.39 is 0 Å². The van der Waals surface area contributed by atoms with Crippen LogP contribution in [0.4, 0.5) is 0 Å². The number of aromatic nitrogens is 2. The van der Waals surface area contributed by atoms with Gasteiger partial charge in [0.1, 0.15) is 0 Å². The predicted molar refractivity (Wildman–Crippen MR) is 67.4 cm³/mol. The topological polar surface area (TPSA) is 47.2 Å². The zero-order valence-corrected chi connectivity index (χ0v) is 10.7. The van der Waals surface area contributed by atoms with Crippen molar-refractivity contribution in [3.8, 4) is 11.6 Å². The van der Waals surface area contributed by atoms with E-state index in [1.807, 2.05) is 0 Å². The molecule has 0 atom stereocenters. The van der Waals surface area contributed by atoms with Crippen LogP contribution in [0, 0.1) is 6.92 Å². The fourth-order valence-electron chi connectivity index (χ4n) is 1.60. The van der Waals surface area contributed by atoms with Crippen LogP contribution in [-0.4, -0.2) is 14.2 Å². The van der Waals surface area contributed by atoms with Crippen LogP contribution in [0.15, 0.2) is 23.0 Å². The fourth-order valence-corrected chi connectivity index (χ4v) is 2.11. The Labute approximate surface area is 108 Å². The SMILES string of the molecule is Cc1c(O)n(-c2cc(Cl)cc(Cl)c2)c(=O)n1C. The van der Waals surface area contributed by atoms with Crippen molar-refractivity contribution in [1.82, 2.24) is 9.13 Å². The molecule has 0 fully saturated rings. The summed E-state index contributed by atoms with van der Waals surface area (Å²) in [5.74, 6) is -0.115. The Bertz CT molecular complexity index is 623. The minimum atomic E-state index is -0.349. The van der Waals surface area contributed by atoms with Crippen LogP contribution in [0.2, 0.25) is 10.0 Å². The molecule has 4 nitrogen and oxygen atoms in total. The Morgan fingerprint density at radius 2 is 1.71 bits per heavy atom. The van der Waals surface area contributed by atoms with Crippen LogP contribution >= 0.6 is 23.2 Å². The molecule has 0 spiro atoms. The number of nitrogens with zero attached hydrogens (tertiary/aromatic N) is 2. The van der Waals surface area contributed by atoms with Gasteiger partial charge in [0.25, 0.3) is 0 Å². The average molecular weight is 273 g/mol. The summed E-state index contributed by atoms with van der Waals surface area (Å²) >= 11 is 11.7. The number of aromatic hydroxyl groups is 1. The third-order valence-electron chi connectivity index (χ3n) is 2.62. The minimum absolute atomic E-state index is 0.115. The fraction of sp³-hybridized carbons (Fsp3) is 0.182. The van der Waals surface area contributed by atoms with Gasteiger partial charge in [-0.05, 0) is 25.1 Å². The van der Waals surface area contributed by atoms with E-state index >= 15 is 0 Å². The van der Waals surface area contributed by atoms with E-state index in [0.717, 1.165) is 4.57 Å². The highest BCUT2D eigenvalue weighted by Gasteiger charge is 2.15. The smallest absolute Gasteiger partial charge is 0.335 e. The molecule has 0 saturated heterocycles. The first-order valence-corrected chi connectivity index (χ1v) is 5.61. The molecule has 0 radical (unpaired) electrons.